The van der Waals surface area contributed by atoms with Crippen molar-refractivity contribution in [2.24, 2.45) is 0 Å². The molecule has 0 fully saturated rings. The van der Waals surface area contributed by atoms with Gasteiger partial charge in [0.15, 0.2) is 6.10 Å². The van der Waals surface area contributed by atoms with Gasteiger partial charge in [0.05, 0.1) is 12.5 Å². The van der Waals surface area contributed by atoms with Gasteiger partial charge in [-0.1, -0.05) is 51.5 Å². The van der Waals surface area contributed by atoms with Crippen molar-refractivity contribution < 1.29 is 33.3 Å². The van der Waals surface area contributed by atoms with Crippen LogP contribution in [0.25, 0.3) is 0 Å². The van der Waals surface area contributed by atoms with Gasteiger partial charge in [0.2, 0.25) is 0 Å². The molecule has 2 aromatic rings. The molecule has 0 aromatic heterocycles. The van der Waals surface area contributed by atoms with Gasteiger partial charge in [-0.3, -0.25) is 9.59 Å². The second-order valence-electron chi connectivity index (χ2n) is 9.80. The molecule has 0 spiro atoms. The summed E-state index contributed by atoms with van der Waals surface area (Å²) in [6.45, 7) is 12.5. The Morgan fingerprint density at radius 2 is 1.47 bits per heavy atom. The van der Waals surface area contributed by atoms with E-state index >= 15 is 0 Å². The van der Waals surface area contributed by atoms with E-state index < -0.39 is 12.2 Å². The van der Waals surface area contributed by atoms with Crippen LogP contribution in [-0.2, 0) is 29.2 Å². The smallest absolute Gasteiger partial charge is 0.303 e. The summed E-state index contributed by atoms with van der Waals surface area (Å²) >= 11 is 5.88. The van der Waals surface area contributed by atoms with Crippen molar-refractivity contribution in [2.45, 2.75) is 72.0 Å². The van der Waals surface area contributed by atoms with Crippen LogP contribution in [0.4, 0.5) is 0 Å². The standard InChI is InChI=1S/C30H41ClO7/c1-7-8-15-34-18-28(38-23(4)33)20-35-26-12-9-24(10-13-26)30(5,6)25-11-14-29(21(2)16-25)36-19-27(17-31)37-22(3)32/h9-14,16,27-28H,7-8,15,17-20H2,1-6H3/t27-,28+/m1/s1. The van der Waals surface area contributed by atoms with Gasteiger partial charge in [0.25, 0.3) is 0 Å². The summed E-state index contributed by atoms with van der Waals surface area (Å²) in [5.41, 5.74) is 2.95. The summed E-state index contributed by atoms with van der Waals surface area (Å²) in [5, 5.41) is 0. The summed E-state index contributed by atoms with van der Waals surface area (Å²) in [5.74, 6) is 0.837. The predicted molar refractivity (Wildman–Crippen MR) is 148 cm³/mol. The Morgan fingerprint density at radius 1 is 0.868 bits per heavy atom. The third-order valence-electron chi connectivity index (χ3n) is 6.12. The fourth-order valence-electron chi connectivity index (χ4n) is 3.86. The Balaban J connectivity index is 2.02. The summed E-state index contributed by atoms with van der Waals surface area (Å²) in [4.78, 5) is 22.6. The minimum absolute atomic E-state index is 0.167. The molecule has 0 saturated heterocycles. The number of halogens is 1. The number of rotatable bonds is 16. The zero-order valence-corrected chi connectivity index (χ0v) is 24.1. The fraction of sp³-hybridized carbons (Fsp3) is 0.533. The SMILES string of the molecule is CCCCOC[C@@H](COc1ccc(C(C)(C)c2ccc(OC[C@@H](CCl)OC(C)=O)c(C)c2)cc1)OC(C)=O. The lowest BCUT2D eigenvalue weighted by Crippen LogP contribution is -2.29. The predicted octanol–water partition coefficient (Wildman–Crippen LogP) is 6.00. The third kappa shape index (κ3) is 10.2. The lowest BCUT2D eigenvalue weighted by Gasteiger charge is -2.27. The van der Waals surface area contributed by atoms with Crippen LogP contribution in [0.3, 0.4) is 0 Å². The van der Waals surface area contributed by atoms with Gasteiger partial charge >= 0.3 is 11.9 Å². The van der Waals surface area contributed by atoms with Crippen molar-refractivity contribution in [1.82, 2.24) is 0 Å². The Morgan fingerprint density at radius 3 is 2.05 bits per heavy atom. The highest BCUT2D eigenvalue weighted by Crippen LogP contribution is 2.34. The normalized spacial score (nSPS) is 12.9. The van der Waals surface area contributed by atoms with Crippen LogP contribution in [-0.4, -0.2) is 56.5 Å². The van der Waals surface area contributed by atoms with Gasteiger partial charge in [0, 0.05) is 25.9 Å². The molecule has 0 saturated carbocycles. The zero-order valence-electron chi connectivity index (χ0n) is 23.4. The van der Waals surface area contributed by atoms with E-state index in [1.165, 1.54) is 13.8 Å². The number of carbonyl (C=O) groups is 2. The molecule has 2 rings (SSSR count). The minimum Gasteiger partial charge on any atom is -0.490 e. The van der Waals surface area contributed by atoms with E-state index in [9.17, 15) is 9.59 Å². The maximum Gasteiger partial charge on any atom is 0.303 e. The molecule has 0 bridgehead atoms. The fourth-order valence-corrected chi connectivity index (χ4v) is 4.02. The molecule has 38 heavy (non-hydrogen) atoms. The molecule has 0 unspecified atom stereocenters. The molecule has 8 heteroatoms. The molecule has 0 radical (unpaired) electrons. The van der Waals surface area contributed by atoms with E-state index in [1.54, 1.807) is 0 Å². The third-order valence-corrected chi connectivity index (χ3v) is 6.46. The zero-order chi connectivity index (χ0) is 28.1. The summed E-state index contributed by atoms with van der Waals surface area (Å²) in [6.07, 6.45) is 1.05. The molecule has 0 aliphatic heterocycles. The van der Waals surface area contributed by atoms with Gasteiger partial charge in [-0.05, 0) is 48.2 Å². The van der Waals surface area contributed by atoms with Crippen molar-refractivity contribution in [2.75, 3.05) is 32.3 Å². The molecule has 0 N–H and O–H groups in total. The van der Waals surface area contributed by atoms with E-state index in [4.69, 9.17) is 35.3 Å². The van der Waals surface area contributed by atoms with Crippen LogP contribution < -0.4 is 9.47 Å². The number of esters is 2. The summed E-state index contributed by atoms with van der Waals surface area (Å²) in [6, 6.07) is 14.0. The number of unbranched alkanes of at least 4 members (excludes halogenated alkanes) is 1. The number of carbonyl (C=O) groups excluding carboxylic acids is 2. The van der Waals surface area contributed by atoms with E-state index in [-0.39, 0.29) is 36.4 Å². The Bertz CT molecular complexity index is 1020. The second-order valence-corrected chi connectivity index (χ2v) is 10.1. The minimum atomic E-state index is -0.497. The van der Waals surface area contributed by atoms with Crippen molar-refractivity contribution >= 4 is 23.5 Å². The first-order valence-electron chi connectivity index (χ1n) is 13.0. The quantitative estimate of drug-likeness (QED) is 0.145. The van der Waals surface area contributed by atoms with E-state index in [0.717, 1.165) is 35.3 Å². The van der Waals surface area contributed by atoms with Crippen LogP contribution in [0.2, 0.25) is 0 Å². The molecule has 0 heterocycles. The second kappa shape index (κ2) is 15.6. The molecule has 0 aliphatic carbocycles. The van der Waals surface area contributed by atoms with Crippen molar-refractivity contribution in [3.05, 3.63) is 59.2 Å². The monoisotopic (exact) mass is 548 g/mol. The molecule has 7 nitrogen and oxygen atoms in total. The number of aryl methyl sites for hydroxylation is 1. The average molecular weight is 549 g/mol. The van der Waals surface area contributed by atoms with Crippen LogP contribution in [0.5, 0.6) is 11.5 Å². The number of hydrogen-bond donors (Lipinski definition) is 0. The molecule has 2 aromatic carbocycles. The summed E-state index contributed by atoms with van der Waals surface area (Å²) in [7, 11) is 0. The molecular weight excluding hydrogens is 508 g/mol. The molecule has 0 aliphatic rings. The maximum atomic E-state index is 11.4. The van der Waals surface area contributed by atoms with Gasteiger partial charge in [-0.15, -0.1) is 11.6 Å². The van der Waals surface area contributed by atoms with E-state index in [0.29, 0.717) is 19.0 Å². The number of alkyl halides is 1. The Kier molecular flexibility index (Phi) is 12.9. The van der Waals surface area contributed by atoms with Crippen molar-refractivity contribution in [3.8, 4) is 11.5 Å². The molecular formula is C30H41ClO7. The lowest BCUT2D eigenvalue weighted by atomic mass is 9.77. The van der Waals surface area contributed by atoms with Crippen LogP contribution >= 0.6 is 11.6 Å². The van der Waals surface area contributed by atoms with Gasteiger partial charge in [0.1, 0.15) is 30.8 Å². The van der Waals surface area contributed by atoms with E-state index in [2.05, 4.69) is 26.8 Å². The topological polar surface area (TPSA) is 80.3 Å². The van der Waals surface area contributed by atoms with Crippen LogP contribution in [0, 0.1) is 6.92 Å². The molecule has 210 valence electrons. The van der Waals surface area contributed by atoms with Crippen molar-refractivity contribution in [3.63, 3.8) is 0 Å². The van der Waals surface area contributed by atoms with Gasteiger partial charge < -0.3 is 23.7 Å². The molecule has 0 amide bonds. The largest absolute Gasteiger partial charge is 0.490 e. The highest BCUT2D eigenvalue weighted by atomic mass is 35.5. The highest BCUT2D eigenvalue weighted by molar-refractivity contribution is 6.18. The first kappa shape index (κ1) is 31.4. The Labute approximate surface area is 231 Å². The first-order valence-corrected chi connectivity index (χ1v) is 13.6. The van der Waals surface area contributed by atoms with Crippen LogP contribution in [0.1, 0.15) is 64.2 Å². The van der Waals surface area contributed by atoms with Crippen LogP contribution in [0.15, 0.2) is 42.5 Å². The number of hydrogen-bond acceptors (Lipinski definition) is 7. The van der Waals surface area contributed by atoms with Gasteiger partial charge in [-0.2, -0.15) is 0 Å². The lowest BCUT2D eigenvalue weighted by molar-refractivity contribution is -0.151. The van der Waals surface area contributed by atoms with Gasteiger partial charge in [-0.25, -0.2) is 0 Å². The maximum absolute atomic E-state index is 11.4. The van der Waals surface area contributed by atoms with Crippen molar-refractivity contribution in [1.29, 1.82) is 0 Å². The summed E-state index contributed by atoms with van der Waals surface area (Å²) < 4.78 is 27.9. The van der Waals surface area contributed by atoms with E-state index in [1.807, 2.05) is 43.3 Å². The Hall–Kier alpha value is -2.77. The highest BCUT2D eigenvalue weighted by Gasteiger charge is 2.24. The average Bonchev–Trinajstić information content (AvgIpc) is 2.87. The molecule has 2 atom stereocenters. The number of benzene rings is 2. The first-order chi connectivity index (χ1) is 18.1. The number of ether oxygens (including phenoxy) is 5.